The average Bonchev–Trinajstić information content (AvgIpc) is 2.25. The highest BCUT2D eigenvalue weighted by molar-refractivity contribution is 5.90. The van der Waals surface area contributed by atoms with E-state index in [2.05, 4.69) is 0 Å². The van der Waals surface area contributed by atoms with Gasteiger partial charge in [0.15, 0.2) is 0 Å². The van der Waals surface area contributed by atoms with Crippen LogP contribution in [0.2, 0.25) is 0 Å². The number of carbonyl (C=O) groups is 1. The van der Waals surface area contributed by atoms with Gasteiger partial charge in [-0.3, -0.25) is 0 Å². The number of allylic oxidation sites excluding steroid dienone is 1. The summed E-state index contributed by atoms with van der Waals surface area (Å²) in [7, 11) is 1.62. The summed E-state index contributed by atoms with van der Waals surface area (Å²) >= 11 is 0. The molecule has 1 aromatic carbocycles. The van der Waals surface area contributed by atoms with Crippen LogP contribution in [0.15, 0.2) is 24.3 Å². The molecule has 3 nitrogen and oxygen atoms in total. The number of carboxylic acids is 1. The lowest BCUT2D eigenvalue weighted by Gasteiger charge is -2.13. The number of rotatable bonds is 4. The molecule has 0 aliphatic heterocycles. The molecular formula is C14H18O3. The average molecular weight is 234 g/mol. The molecule has 17 heavy (non-hydrogen) atoms. The second-order valence-electron chi connectivity index (χ2n) is 4.28. The maximum Gasteiger partial charge on any atom is 0.328 e. The molecule has 0 saturated carbocycles. The van der Waals surface area contributed by atoms with Gasteiger partial charge in [0.2, 0.25) is 0 Å². The van der Waals surface area contributed by atoms with Crippen molar-refractivity contribution in [1.82, 2.24) is 0 Å². The first-order valence-corrected chi connectivity index (χ1v) is 5.55. The Morgan fingerprint density at radius 1 is 1.41 bits per heavy atom. The standard InChI is InChI=1S/C14H18O3/c1-9(2)12(8-14(15)16)11-5-6-13(17-4)10(3)7-11/h5-9H,1-4H3,(H,15,16). The molecule has 0 heterocycles. The van der Waals surface area contributed by atoms with Crippen molar-refractivity contribution in [3.05, 3.63) is 35.4 Å². The van der Waals surface area contributed by atoms with Gasteiger partial charge in [0.25, 0.3) is 0 Å². The Labute approximate surface area is 102 Å². The SMILES string of the molecule is COc1ccc(C(=CC(=O)O)C(C)C)cc1C. The number of carboxylic acid groups (broad SMARTS) is 1. The molecule has 0 aliphatic rings. The Kier molecular flexibility index (Phi) is 4.32. The van der Waals surface area contributed by atoms with Gasteiger partial charge in [-0.1, -0.05) is 19.9 Å². The van der Waals surface area contributed by atoms with Gasteiger partial charge in [-0.2, -0.15) is 0 Å². The van der Waals surface area contributed by atoms with Crippen LogP contribution in [0.3, 0.4) is 0 Å². The van der Waals surface area contributed by atoms with E-state index >= 15 is 0 Å². The Morgan fingerprint density at radius 2 is 2.06 bits per heavy atom. The predicted octanol–water partition coefficient (Wildman–Crippen LogP) is 3.13. The Bertz CT molecular complexity index is 445. The molecule has 1 N–H and O–H groups in total. The summed E-state index contributed by atoms with van der Waals surface area (Å²) in [5, 5.41) is 8.86. The van der Waals surface area contributed by atoms with Crippen molar-refractivity contribution in [3.8, 4) is 5.75 Å². The third kappa shape index (κ3) is 3.34. The van der Waals surface area contributed by atoms with Gasteiger partial charge in [0.05, 0.1) is 7.11 Å². The van der Waals surface area contributed by atoms with Gasteiger partial charge in [-0.25, -0.2) is 4.79 Å². The van der Waals surface area contributed by atoms with E-state index in [-0.39, 0.29) is 5.92 Å². The van der Waals surface area contributed by atoms with Crippen LogP contribution in [-0.4, -0.2) is 18.2 Å². The van der Waals surface area contributed by atoms with Crippen LogP contribution in [-0.2, 0) is 4.79 Å². The maximum absolute atomic E-state index is 10.8. The van der Waals surface area contributed by atoms with Crippen molar-refractivity contribution in [2.24, 2.45) is 5.92 Å². The smallest absolute Gasteiger partial charge is 0.328 e. The van der Waals surface area contributed by atoms with Gasteiger partial charge in [-0.05, 0) is 41.7 Å². The molecule has 0 aromatic heterocycles. The number of aliphatic carboxylic acids is 1. The van der Waals surface area contributed by atoms with E-state index in [1.54, 1.807) is 7.11 Å². The molecule has 0 saturated heterocycles. The van der Waals surface area contributed by atoms with E-state index in [0.29, 0.717) is 0 Å². The number of methoxy groups -OCH3 is 1. The molecular weight excluding hydrogens is 216 g/mol. The van der Waals surface area contributed by atoms with E-state index in [9.17, 15) is 4.79 Å². The first-order valence-electron chi connectivity index (χ1n) is 5.55. The van der Waals surface area contributed by atoms with E-state index in [4.69, 9.17) is 9.84 Å². The van der Waals surface area contributed by atoms with Crippen LogP contribution in [0.5, 0.6) is 5.75 Å². The third-order valence-corrected chi connectivity index (χ3v) is 2.63. The topological polar surface area (TPSA) is 46.5 Å². The second-order valence-corrected chi connectivity index (χ2v) is 4.28. The fourth-order valence-corrected chi connectivity index (χ4v) is 1.77. The number of hydrogen-bond donors (Lipinski definition) is 1. The first-order chi connectivity index (χ1) is 7.95. The number of hydrogen-bond acceptors (Lipinski definition) is 2. The summed E-state index contributed by atoms with van der Waals surface area (Å²) in [4.78, 5) is 10.8. The van der Waals surface area contributed by atoms with Crippen molar-refractivity contribution in [3.63, 3.8) is 0 Å². The molecule has 1 aromatic rings. The van der Waals surface area contributed by atoms with Gasteiger partial charge in [0, 0.05) is 6.08 Å². The lowest BCUT2D eigenvalue weighted by molar-refractivity contribution is -0.131. The van der Waals surface area contributed by atoms with E-state index in [1.165, 1.54) is 6.08 Å². The molecule has 0 spiro atoms. The minimum absolute atomic E-state index is 0.166. The first kappa shape index (κ1) is 13.3. The predicted molar refractivity (Wildman–Crippen MR) is 68.2 cm³/mol. The minimum Gasteiger partial charge on any atom is -0.496 e. The summed E-state index contributed by atoms with van der Waals surface area (Å²) in [6.07, 6.45) is 1.27. The Hall–Kier alpha value is -1.77. The van der Waals surface area contributed by atoms with Crippen LogP contribution in [0.1, 0.15) is 25.0 Å². The highest BCUT2D eigenvalue weighted by Crippen LogP contribution is 2.27. The zero-order valence-corrected chi connectivity index (χ0v) is 10.7. The molecule has 3 heteroatoms. The highest BCUT2D eigenvalue weighted by Gasteiger charge is 2.10. The van der Waals surface area contributed by atoms with Crippen LogP contribution < -0.4 is 4.74 Å². The van der Waals surface area contributed by atoms with Crippen LogP contribution >= 0.6 is 0 Å². The summed E-state index contributed by atoms with van der Waals surface area (Å²) in [6.45, 7) is 5.91. The molecule has 92 valence electrons. The van der Waals surface area contributed by atoms with Crippen LogP contribution in [0, 0.1) is 12.8 Å². The quantitative estimate of drug-likeness (QED) is 0.814. The molecule has 0 bridgehead atoms. The van der Waals surface area contributed by atoms with Gasteiger partial charge in [-0.15, -0.1) is 0 Å². The third-order valence-electron chi connectivity index (χ3n) is 2.63. The molecule has 0 unspecified atom stereocenters. The van der Waals surface area contributed by atoms with Crippen molar-refractivity contribution in [2.45, 2.75) is 20.8 Å². The summed E-state index contributed by atoms with van der Waals surface area (Å²) in [6, 6.07) is 5.71. The fraction of sp³-hybridized carbons (Fsp3) is 0.357. The Morgan fingerprint density at radius 3 is 2.47 bits per heavy atom. The van der Waals surface area contributed by atoms with Gasteiger partial charge >= 0.3 is 5.97 Å². The van der Waals surface area contributed by atoms with Crippen LogP contribution in [0.25, 0.3) is 5.57 Å². The van der Waals surface area contributed by atoms with Gasteiger partial charge < -0.3 is 9.84 Å². The van der Waals surface area contributed by atoms with E-state index in [1.807, 2.05) is 39.0 Å². The highest BCUT2D eigenvalue weighted by atomic mass is 16.5. The molecule has 0 atom stereocenters. The summed E-state index contributed by atoms with van der Waals surface area (Å²) < 4.78 is 5.19. The van der Waals surface area contributed by atoms with Gasteiger partial charge in [0.1, 0.15) is 5.75 Å². The molecule has 1 rings (SSSR count). The maximum atomic E-state index is 10.8. The second kappa shape index (κ2) is 5.53. The molecule has 0 radical (unpaired) electrons. The van der Waals surface area contributed by atoms with E-state index < -0.39 is 5.97 Å². The molecule has 0 aliphatic carbocycles. The largest absolute Gasteiger partial charge is 0.496 e. The number of aryl methyl sites for hydroxylation is 1. The molecule has 0 fully saturated rings. The fourth-order valence-electron chi connectivity index (χ4n) is 1.77. The van der Waals surface area contributed by atoms with Crippen molar-refractivity contribution >= 4 is 11.5 Å². The van der Waals surface area contributed by atoms with Crippen molar-refractivity contribution in [1.29, 1.82) is 0 Å². The number of ether oxygens (including phenoxy) is 1. The number of benzene rings is 1. The normalized spacial score (nSPS) is 11.7. The van der Waals surface area contributed by atoms with Crippen LogP contribution in [0.4, 0.5) is 0 Å². The minimum atomic E-state index is -0.915. The van der Waals surface area contributed by atoms with E-state index in [0.717, 1.165) is 22.4 Å². The zero-order chi connectivity index (χ0) is 13.0. The molecule has 0 amide bonds. The summed E-state index contributed by atoms with van der Waals surface area (Å²) in [5.41, 5.74) is 2.76. The lowest BCUT2D eigenvalue weighted by atomic mass is 9.93. The van der Waals surface area contributed by atoms with Crippen molar-refractivity contribution in [2.75, 3.05) is 7.11 Å². The van der Waals surface area contributed by atoms with Crippen molar-refractivity contribution < 1.29 is 14.6 Å². The summed E-state index contributed by atoms with van der Waals surface area (Å²) in [5.74, 6) is 0.0632. The monoisotopic (exact) mass is 234 g/mol. The lowest BCUT2D eigenvalue weighted by Crippen LogP contribution is -1.99. The zero-order valence-electron chi connectivity index (χ0n) is 10.7. The Balaban J connectivity index is 3.21.